The van der Waals surface area contributed by atoms with Crippen LogP contribution in [0.4, 0.5) is 0 Å². The Labute approximate surface area is 114 Å². The Bertz CT molecular complexity index is 212. The summed E-state index contributed by atoms with van der Waals surface area (Å²) in [6.45, 7) is 19.9. The number of piperazine rings is 1. The number of nitrogens with one attached hydrogen (secondary N) is 1. The van der Waals surface area contributed by atoms with Crippen LogP contribution in [-0.4, -0.2) is 61.2 Å². The molecule has 0 saturated carbocycles. The summed E-state index contributed by atoms with van der Waals surface area (Å²) in [7, 11) is 0. The first kappa shape index (κ1) is 15.9. The van der Waals surface area contributed by atoms with Crippen LogP contribution in [0.1, 0.15) is 41.0 Å². The Kier molecular flexibility index (Phi) is 6.61. The van der Waals surface area contributed by atoms with Crippen molar-refractivity contribution in [1.29, 1.82) is 0 Å². The summed E-state index contributed by atoms with van der Waals surface area (Å²) in [6, 6.07) is 0. The molecule has 1 rings (SSSR count). The van der Waals surface area contributed by atoms with E-state index in [0.717, 1.165) is 12.5 Å². The van der Waals surface area contributed by atoms with Crippen molar-refractivity contribution in [2.45, 2.75) is 46.6 Å². The van der Waals surface area contributed by atoms with Gasteiger partial charge in [-0.1, -0.05) is 13.8 Å². The highest BCUT2D eigenvalue weighted by atomic mass is 15.3. The lowest BCUT2D eigenvalue weighted by Gasteiger charge is -2.42. The maximum atomic E-state index is 3.55. The molecule has 0 radical (unpaired) electrons. The van der Waals surface area contributed by atoms with Crippen molar-refractivity contribution >= 4 is 0 Å². The smallest absolute Gasteiger partial charge is 0.0126 e. The van der Waals surface area contributed by atoms with Crippen LogP contribution < -0.4 is 5.32 Å². The predicted octanol–water partition coefficient (Wildman–Crippen LogP) is 2.04. The average Bonchev–Trinajstić information content (AvgIpc) is 2.27. The zero-order chi connectivity index (χ0) is 13.6. The van der Waals surface area contributed by atoms with Crippen molar-refractivity contribution in [3.63, 3.8) is 0 Å². The summed E-state index contributed by atoms with van der Waals surface area (Å²) in [5.41, 5.74) is 0.335. The molecular formula is C15H33N3. The molecule has 0 aromatic rings. The van der Waals surface area contributed by atoms with Crippen LogP contribution in [0.25, 0.3) is 0 Å². The highest BCUT2D eigenvalue weighted by Crippen LogP contribution is 2.15. The van der Waals surface area contributed by atoms with Crippen LogP contribution in [-0.2, 0) is 0 Å². The third-order valence-electron chi connectivity index (χ3n) is 3.82. The molecular weight excluding hydrogens is 222 g/mol. The van der Waals surface area contributed by atoms with Gasteiger partial charge < -0.3 is 5.32 Å². The molecule has 3 heteroatoms. The van der Waals surface area contributed by atoms with Gasteiger partial charge in [-0.25, -0.2) is 0 Å². The van der Waals surface area contributed by atoms with Crippen molar-refractivity contribution in [2.75, 3.05) is 45.8 Å². The highest BCUT2D eigenvalue weighted by Gasteiger charge is 2.25. The van der Waals surface area contributed by atoms with Crippen LogP contribution in [0.2, 0.25) is 0 Å². The van der Waals surface area contributed by atoms with Gasteiger partial charge in [-0.2, -0.15) is 0 Å². The summed E-state index contributed by atoms with van der Waals surface area (Å²) in [6.07, 6.45) is 1.29. The monoisotopic (exact) mass is 255 g/mol. The van der Waals surface area contributed by atoms with Gasteiger partial charge in [0, 0.05) is 44.8 Å². The van der Waals surface area contributed by atoms with Gasteiger partial charge in [-0.3, -0.25) is 9.80 Å². The molecule has 0 aromatic carbocycles. The van der Waals surface area contributed by atoms with Gasteiger partial charge in [0.2, 0.25) is 0 Å². The molecule has 0 spiro atoms. The zero-order valence-electron chi connectivity index (χ0n) is 13.1. The molecule has 1 fully saturated rings. The number of nitrogens with zero attached hydrogens (tertiary/aromatic N) is 2. The third kappa shape index (κ3) is 6.17. The maximum absolute atomic E-state index is 3.55. The first-order valence-corrected chi connectivity index (χ1v) is 7.57. The topological polar surface area (TPSA) is 18.5 Å². The Hall–Kier alpha value is -0.120. The van der Waals surface area contributed by atoms with Crippen molar-refractivity contribution in [3.05, 3.63) is 0 Å². The van der Waals surface area contributed by atoms with Gasteiger partial charge in [-0.05, 0) is 39.7 Å². The van der Waals surface area contributed by atoms with E-state index in [-0.39, 0.29) is 0 Å². The zero-order valence-corrected chi connectivity index (χ0v) is 13.1. The second kappa shape index (κ2) is 7.46. The molecule has 1 aliphatic heterocycles. The minimum atomic E-state index is 0.335. The maximum Gasteiger partial charge on any atom is 0.0126 e. The van der Waals surface area contributed by atoms with Gasteiger partial charge in [0.05, 0.1) is 0 Å². The van der Waals surface area contributed by atoms with E-state index >= 15 is 0 Å². The highest BCUT2D eigenvalue weighted by molar-refractivity contribution is 4.81. The Morgan fingerprint density at radius 3 is 2.11 bits per heavy atom. The van der Waals surface area contributed by atoms with Gasteiger partial charge in [0.1, 0.15) is 0 Å². The van der Waals surface area contributed by atoms with Crippen molar-refractivity contribution < 1.29 is 0 Å². The van der Waals surface area contributed by atoms with E-state index in [4.69, 9.17) is 0 Å². The molecule has 0 bridgehead atoms. The lowest BCUT2D eigenvalue weighted by atomic mass is 10.1. The molecule has 0 aromatic heterocycles. The second-order valence-electron chi connectivity index (χ2n) is 6.93. The van der Waals surface area contributed by atoms with Crippen LogP contribution in [0.3, 0.4) is 0 Å². The van der Waals surface area contributed by atoms with Crippen LogP contribution in [0.5, 0.6) is 0 Å². The van der Waals surface area contributed by atoms with Crippen molar-refractivity contribution in [3.8, 4) is 0 Å². The SMILES string of the molecule is CC(C)CCNCCN1CCN(C(C)(C)C)CC1. The van der Waals surface area contributed by atoms with Gasteiger partial charge >= 0.3 is 0 Å². The molecule has 18 heavy (non-hydrogen) atoms. The van der Waals surface area contributed by atoms with E-state index in [2.05, 4.69) is 49.7 Å². The van der Waals surface area contributed by atoms with E-state index in [1.165, 1.54) is 45.7 Å². The van der Waals surface area contributed by atoms with Gasteiger partial charge in [-0.15, -0.1) is 0 Å². The minimum absolute atomic E-state index is 0.335. The largest absolute Gasteiger partial charge is 0.315 e. The summed E-state index contributed by atoms with van der Waals surface area (Å²) in [5.74, 6) is 0.813. The molecule has 0 atom stereocenters. The summed E-state index contributed by atoms with van der Waals surface area (Å²) in [4.78, 5) is 5.18. The summed E-state index contributed by atoms with van der Waals surface area (Å²) < 4.78 is 0. The molecule has 0 unspecified atom stereocenters. The van der Waals surface area contributed by atoms with E-state index in [1.54, 1.807) is 0 Å². The third-order valence-corrected chi connectivity index (χ3v) is 3.82. The Morgan fingerprint density at radius 1 is 1.00 bits per heavy atom. The molecule has 108 valence electrons. The summed E-state index contributed by atoms with van der Waals surface area (Å²) >= 11 is 0. The number of hydrogen-bond donors (Lipinski definition) is 1. The fraction of sp³-hybridized carbons (Fsp3) is 1.00. The Morgan fingerprint density at radius 2 is 1.61 bits per heavy atom. The van der Waals surface area contributed by atoms with E-state index < -0.39 is 0 Å². The minimum Gasteiger partial charge on any atom is -0.315 e. The fourth-order valence-corrected chi connectivity index (χ4v) is 2.40. The van der Waals surface area contributed by atoms with E-state index in [0.29, 0.717) is 5.54 Å². The van der Waals surface area contributed by atoms with Crippen molar-refractivity contribution in [2.24, 2.45) is 5.92 Å². The molecule has 0 amide bonds. The molecule has 1 N–H and O–H groups in total. The predicted molar refractivity (Wildman–Crippen MR) is 80.1 cm³/mol. The van der Waals surface area contributed by atoms with Crippen molar-refractivity contribution in [1.82, 2.24) is 15.1 Å². The Balaban J connectivity index is 2.06. The van der Waals surface area contributed by atoms with Gasteiger partial charge in [0.25, 0.3) is 0 Å². The summed E-state index contributed by atoms with van der Waals surface area (Å²) in [5, 5.41) is 3.55. The molecule has 3 nitrogen and oxygen atoms in total. The first-order chi connectivity index (χ1) is 8.39. The lowest BCUT2D eigenvalue weighted by molar-refractivity contribution is 0.0628. The second-order valence-corrected chi connectivity index (χ2v) is 6.93. The molecule has 0 aliphatic carbocycles. The standard InChI is InChI=1S/C15H33N3/c1-14(2)6-7-16-8-9-17-10-12-18(13-11-17)15(3,4)5/h14,16H,6-13H2,1-5H3. The lowest BCUT2D eigenvalue weighted by Crippen LogP contribution is -2.54. The molecule has 1 aliphatic rings. The van der Waals surface area contributed by atoms with Crippen LogP contribution >= 0.6 is 0 Å². The quantitative estimate of drug-likeness (QED) is 0.733. The molecule has 1 saturated heterocycles. The fourth-order valence-electron chi connectivity index (χ4n) is 2.40. The van der Waals surface area contributed by atoms with E-state index in [9.17, 15) is 0 Å². The number of rotatable bonds is 6. The van der Waals surface area contributed by atoms with E-state index in [1.807, 2.05) is 0 Å². The molecule has 1 heterocycles. The normalized spacial score (nSPS) is 19.7. The number of hydrogen-bond acceptors (Lipinski definition) is 3. The van der Waals surface area contributed by atoms with Gasteiger partial charge in [0.15, 0.2) is 0 Å². The van der Waals surface area contributed by atoms with Crippen LogP contribution in [0.15, 0.2) is 0 Å². The first-order valence-electron chi connectivity index (χ1n) is 7.57. The van der Waals surface area contributed by atoms with Crippen LogP contribution in [0, 0.1) is 5.92 Å². The average molecular weight is 255 g/mol.